The first-order valence-corrected chi connectivity index (χ1v) is 8.77. The van der Waals surface area contributed by atoms with Gasteiger partial charge in [-0.2, -0.15) is 0 Å². The molecule has 0 amide bonds. The van der Waals surface area contributed by atoms with E-state index in [1.165, 1.54) is 6.07 Å². The van der Waals surface area contributed by atoms with Crippen molar-refractivity contribution in [3.63, 3.8) is 0 Å². The lowest BCUT2D eigenvalue weighted by molar-refractivity contribution is 0.285. The molecular weight excluding hydrogens is 399 g/mol. The van der Waals surface area contributed by atoms with Crippen LogP contribution < -0.4 is 4.74 Å². The van der Waals surface area contributed by atoms with Gasteiger partial charge in [-0.25, -0.2) is 4.39 Å². The summed E-state index contributed by atoms with van der Waals surface area (Å²) in [6.45, 7) is 0.655. The average molecular weight is 416 g/mol. The number of hydrogen-bond donors (Lipinski definition) is 0. The summed E-state index contributed by atoms with van der Waals surface area (Å²) in [6.07, 6.45) is 1.78. The van der Waals surface area contributed by atoms with Gasteiger partial charge in [-0.05, 0) is 54.7 Å². The van der Waals surface area contributed by atoms with Crippen molar-refractivity contribution in [3.8, 4) is 5.75 Å². The lowest BCUT2D eigenvalue weighted by Gasteiger charge is -2.15. The molecule has 0 saturated heterocycles. The molecule has 0 fully saturated rings. The standard InChI is InChI=1S/C17H17Br2FO/c18-12-14(9-13-3-1-5-16(20)10-13)7-8-21-17-6-2-4-15(19)11-17/h1-6,10-11,14H,7-9,12H2. The highest BCUT2D eigenvalue weighted by Gasteiger charge is 2.09. The highest BCUT2D eigenvalue weighted by Crippen LogP contribution is 2.20. The summed E-state index contributed by atoms with van der Waals surface area (Å²) in [7, 11) is 0. The van der Waals surface area contributed by atoms with Crippen molar-refractivity contribution in [2.75, 3.05) is 11.9 Å². The molecule has 4 heteroatoms. The molecule has 2 aromatic rings. The molecular formula is C17H17Br2FO. The van der Waals surface area contributed by atoms with E-state index >= 15 is 0 Å². The zero-order valence-electron chi connectivity index (χ0n) is 11.6. The maximum atomic E-state index is 13.2. The minimum Gasteiger partial charge on any atom is -0.494 e. The fourth-order valence-corrected chi connectivity index (χ4v) is 3.06. The molecule has 1 unspecified atom stereocenters. The van der Waals surface area contributed by atoms with Crippen molar-refractivity contribution in [3.05, 3.63) is 64.4 Å². The molecule has 21 heavy (non-hydrogen) atoms. The summed E-state index contributed by atoms with van der Waals surface area (Å²) in [5.74, 6) is 1.12. The normalized spacial score (nSPS) is 12.1. The quantitative estimate of drug-likeness (QED) is 0.534. The minimum atomic E-state index is -0.175. The van der Waals surface area contributed by atoms with E-state index in [1.54, 1.807) is 12.1 Å². The molecule has 0 aliphatic carbocycles. The van der Waals surface area contributed by atoms with Crippen molar-refractivity contribution in [2.45, 2.75) is 12.8 Å². The van der Waals surface area contributed by atoms with Crippen molar-refractivity contribution < 1.29 is 9.13 Å². The van der Waals surface area contributed by atoms with E-state index in [0.29, 0.717) is 12.5 Å². The van der Waals surface area contributed by atoms with Gasteiger partial charge in [-0.1, -0.05) is 50.1 Å². The van der Waals surface area contributed by atoms with Crippen molar-refractivity contribution in [1.29, 1.82) is 0 Å². The molecule has 1 nitrogen and oxygen atoms in total. The van der Waals surface area contributed by atoms with Crippen LogP contribution in [0.1, 0.15) is 12.0 Å². The van der Waals surface area contributed by atoms with E-state index in [-0.39, 0.29) is 5.82 Å². The van der Waals surface area contributed by atoms with E-state index in [2.05, 4.69) is 31.9 Å². The van der Waals surface area contributed by atoms with Crippen LogP contribution in [-0.4, -0.2) is 11.9 Å². The van der Waals surface area contributed by atoms with E-state index in [4.69, 9.17) is 4.74 Å². The van der Waals surface area contributed by atoms with Gasteiger partial charge >= 0.3 is 0 Å². The Morgan fingerprint density at radius 3 is 2.62 bits per heavy atom. The Labute approximate surface area is 141 Å². The van der Waals surface area contributed by atoms with Gasteiger partial charge in [0.2, 0.25) is 0 Å². The highest BCUT2D eigenvalue weighted by atomic mass is 79.9. The van der Waals surface area contributed by atoms with Crippen molar-refractivity contribution >= 4 is 31.9 Å². The summed E-state index contributed by atoms with van der Waals surface area (Å²) in [5, 5.41) is 0.880. The SMILES string of the molecule is Fc1cccc(CC(CBr)CCOc2cccc(Br)c2)c1. The molecule has 0 spiro atoms. The highest BCUT2D eigenvalue weighted by molar-refractivity contribution is 9.10. The van der Waals surface area contributed by atoms with Gasteiger partial charge in [0.25, 0.3) is 0 Å². The summed E-state index contributed by atoms with van der Waals surface area (Å²) in [6, 6.07) is 14.6. The minimum absolute atomic E-state index is 0.175. The molecule has 0 aliphatic heterocycles. The van der Waals surface area contributed by atoms with Gasteiger partial charge in [0.15, 0.2) is 0 Å². The molecule has 0 saturated carbocycles. The maximum Gasteiger partial charge on any atom is 0.123 e. The second-order valence-corrected chi connectivity index (χ2v) is 6.51. The Morgan fingerprint density at radius 2 is 1.90 bits per heavy atom. The van der Waals surface area contributed by atoms with Crippen LogP contribution in [-0.2, 0) is 6.42 Å². The zero-order chi connectivity index (χ0) is 15.1. The molecule has 0 aromatic heterocycles. The molecule has 0 radical (unpaired) electrons. The number of ether oxygens (including phenoxy) is 1. The lowest BCUT2D eigenvalue weighted by Crippen LogP contribution is -2.11. The van der Waals surface area contributed by atoms with Crippen LogP contribution in [0.5, 0.6) is 5.75 Å². The molecule has 0 aliphatic rings. The summed E-state index contributed by atoms with van der Waals surface area (Å²) in [5.41, 5.74) is 1.03. The monoisotopic (exact) mass is 414 g/mol. The number of benzene rings is 2. The van der Waals surface area contributed by atoms with Gasteiger partial charge < -0.3 is 4.74 Å². The van der Waals surface area contributed by atoms with E-state index in [9.17, 15) is 4.39 Å². The topological polar surface area (TPSA) is 9.23 Å². The first-order valence-electron chi connectivity index (χ1n) is 6.86. The van der Waals surface area contributed by atoms with Gasteiger partial charge in [-0.3, -0.25) is 0 Å². The average Bonchev–Trinajstić information content (AvgIpc) is 2.46. The summed E-state index contributed by atoms with van der Waals surface area (Å²) >= 11 is 6.96. The molecule has 0 heterocycles. The van der Waals surface area contributed by atoms with Gasteiger partial charge in [0.05, 0.1) is 6.61 Å². The molecule has 2 rings (SSSR count). The Morgan fingerprint density at radius 1 is 1.10 bits per heavy atom. The van der Waals surface area contributed by atoms with Crippen LogP contribution in [0.25, 0.3) is 0 Å². The number of alkyl halides is 1. The van der Waals surface area contributed by atoms with E-state index < -0.39 is 0 Å². The van der Waals surface area contributed by atoms with Crippen molar-refractivity contribution in [2.24, 2.45) is 5.92 Å². The number of halogens is 3. The first kappa shape index (κ1) is 16.5. The Hall–Kier alpha value is -0.870. The number of rotatable bonds is 7. The zero-order valence-corrected chi connectivity index (χ0v) is 14.7. The van der Waals surface area contributed by atoms with Gasteiger partial charge in [0.1, 0.15) is 11.6 Å². The Balaban J connectivity index is 1.82. The third-order valence-corrected chi connectivity index (χ3v) is 4.63. The van der Waals surface area contributed by atoms with Crippen LogP contribution >= 0.6 is 31.9 Å². The molecule has 1 atom stereocenters. The van der Waals surface area contributed by atoms with Crippen LogP contribution in [0.15, 0.2) is 53.0 Å². The Kier molecular flexibility index (Phi) is 6.71. The fraction of sp³-hybridized carbons (Fsp3) is 0.294. The molecule has 0 N–H and O–H groups in total. The van der Waals surface area contributed by atoms with Crippen molar-refractivity contribution in [1.82, 2.24) is 0 Å². The van der Waals surface area contributed by atoms with E-state index in [0.717, 1.165) is 34.0 Å². The molecule has 0 bridgehead atoms. The van der Waals surface area contributed by atoms with Crippen LogP contribution in [0.3, 0.4) is 0 Å². The second kappa shape index (κ2) is 8.54. The maximum absolute atomic E-state index is 13.2. The second-order valence-electron chi connectivity index (χ2n) is 4.95. The van der Waals surface area contributed by atoms with E-state index in [1.807, 2.05) is 30.3 Å². The van der Waals surface area contributed by atoms with Gasteiger partial charge in [0, 0.05) is 9.80 Å². The summed E-state index contributed by atoms with van der Waals surface area (Å²) in [4.78, 5) is 0. The predicted molar refractivity (Wildman–Crippen MR) is 91.6 cm³/mol. The number of hydrogen-bond acceptors (Lipinski definition) is 1. The lowest BCUT2D eigenvalue weighted by atomic mass is 9.98. The fourth-order valence-electron chi connectivity index (χ4n) is 2.13. The van der Waals surface area contributed by atoms with Crippen LogP contribution in [0.4, 0.5) is 4.39 Å². The smallest absolute Gasteiger partial charge is 0.123 e. The summed E-state index contributed by atoms with van der Waals surface area (Å²) < 4.78 is 20.0. The predicted octanol–water partition coefficient (Wildman–Crippen LogP) is 5.61. The largest absolute Gasteiger partial charge is 0.494 e. The van der Waals surface area contributed by atoms with Crippen LogP contribution in [0, 0.1) is 11.7 Å². The molecule has 2 aromatic carbocycles. The van der Waals surface area contributed by atoms with Crippen LogP contribution in [0.2, 0.25) is 0 Å². The molecule has 112 valence electrons. The third-order valence-electron chi connectivity index (χ3n) is 3.22. The third kappa shape index (κ3) is 5.79. The van der Waals surface area contributed by atoms with Gasteiger partial charge in [-0.15, -0.1) is 0 Å². The first-order chi connectivity index (χ1) is 10.2. The Bertz CT molecular complexity index is 574.